The molecule has 5 heavy (non-hydrogen) atoms. The number of hydrogen-bond donors (Lipinski definition) is 0. The van der Waals surface area contributed by atoms with E-state index in [4.69, 9.17) is 0 Å². The first-order valence-electron chi connectivity index (χ1n) is 0. The van der Waals surface area contributed by atoms with Gasteiger partial charge in [0.05, 0.1) is 0 Å². The van der Waals surface area contributed by atoms with E-state index in [0.717, 1.165) is 0 Å². The fourth-order valence-corrected chi connectivity index (χ4v) is 0. The van der Waals surface area contributed by atoms with Crippen molar-refractivity contribution >= 4 is 49.6 Å². The van der Waals surface area contributed by atoms with E-state index in [1.807, 2.05) is 0 Å². The zero-order valence-corrected chi connectivity index (χ0v) is 6.20. The molecule has 42 valence electrons. The first kappa shape index (κ1) is 77.8. The second-order valence-electron chi connectivity index (χ2n) is 0. The molecule has 0 rings (SSSR count). The second kappa shape index (κ2) is 44.8. The Morgan fingerprint density at radius 2 is 0.400 bits per heavy atom. The Kier molecular flexibility index (Phi) is 697. The van der Waals surface area contributed by atoms with Gasteiger partial charge in [-0.25, -0.2) is 0 Å². The van der Waals surface area contributed by atoms with Gasteiger partial charge in [-0.1, -0.05) is 0 Å². The van der Waals surface area contributed by atoms with E-state index >= 15 is 0 Å². The molecule has 0 saturated heterocycles. The molecule has 0 amide bonds. The molecular formula is H4Cl4Ni. The molecular weight excluding hydrogens is 201 g/mol. The SMILES string of the molecule is Cl.Cl.Cl.Cl.[Ni]. The molecule has 0 nitrogen and oxygen atoms in total. The van der Waals surface area contributed by atoms with Gasteiger partial charge in [0.2, 0.25) is 0 Å². The van der Waals surface area contributed by atoms with E-state index < -0.39 is 0 Å². The maximum Gasteiger partial charge on any atom is 0 e. The molecule has 0 aliphatic heterocycles. The molecule has 0 fully saturated rings. The molecule has 0 aromatic heterocycles. The Bertz CT molecular complexity index is 3.61. The third-order valence-corrected chi connectivity index (χ3v) is 0. The smallest absolute Gasteiger partial charge is 0 e. The van der Waals surface area contributed by atoms with Gasteiger partial charge in [-0.15, -0.1) is 49.6 Å². The van der Waals surface area contributed by atoms with Crippen LogP contribution in [0.3, 0.4) is 0 Å². The summed E-state index contributed by atoms with van der Waals surface area (Å²) < 4.78 is 0. The van der Waals surface area contributed by atoms with Crippen LogP contribution in [0.2, 0.25) is 0 Å². The van der Waals surface area contributed by atoms with Crippen LogP contribution in [0, 0.1) is 0 Å². The van der Waals surface area contributed by atoms with Crippen molar-refractivity contribution in [3.05, 3.63) is 0 Å². The van der Waals surface area contributed by atoms with Gasteiger partial charge < -0.3 is 0 Å². The Labute approximate surface area is 66.0 Å². The average Bonchev–Trinajstić information content (AvgIpc) is 0. The van der Waals surface area contributed by atoms with Crippen molar-refractivity contribution in [2.75, 3.05) is 0 Å². The van der Waals surface area contributed by atoms with Crippen molar-refractivity contribution in [2.24, 2.45) is 0 Å². The molecule has 0 aromatic carbocycles. The van der Waals surface area contributed by atoms with Gasteiger partial charge in [0.25, 0.3) is 0 Å². The van der Waals surface area contributed by atoms with Crippen LogP contribution in [0.1, 0.15) is 0 Å². The normalized spacial score (nSPS) is 0. The molecule has 0 saturated carbocycles. The largest absolute Gasteiger partial charge is 0.147 e. The molecule has 0 aliphatic rings. The number of rotatable bonds is 0. The zero-order chi connectivity index (χ0) is 0. The van der Waals surface area contributed by atoms with Gasteiger partial charge in [-0.05, 0) is 0 Å². The van der Waals surface area contributed by atoms with Crippen molar-refractivity contribution in [3.8, 4) is 0 Å². The quantitative estimate of drug-likeness (QED) is 0.527. The molecule has 5 heteroatoms. The van der Waals surface area contributed by atoms with Crippen LogP contribution in [-0.4, -0.2) is 0 Å². The number of halogens is 4. The van der Waals surface area contributed by atoms with Crippen molar-refractivity contribution in [2.45, 2.75) is 0 Å². The monoisotopic (exact) mass is 202 g/mol. The van der Waals surface area contributed by atoms with E-state index in [2.05, 4.69) is 0 Å². The predicted molar refractivity (Wildman–Crippen MR) is 29.0 cm³/mol. The van der Waals surface area contributed by atoms with Crippen LogP contribution in [0.25, 0.3) is 0 Å². The fraction of sp³-hybridized carbons (Fsp3) is 0. The number of hydrogen-bond acceptors (Lipinski definition) is 0. The topological polar surface area (TPSA) is 0 Å². The summed E-state index contributed by atoms with van der Waals surface area (Å²) >= 11 is 0. The summed E-state index contributed by atoms with van der Waals surface area (Å²) in [6.45, 7) is 0. The molecule has 0 aromatic rings. The maximum atomic E-state index is 0. The van der Waals surface area contributed by atoms with E-state index in [1.54, 1.807) is 0 Å². The van der Waals surface area contributed by atoms with E-state index in [1.165, 1.54) is 0 Å². The van der Waals surface area contributed by atoms with E-state index in [9.17, 15) is 0 Å². The summed E-state index contributed by atoms with van der Waals surface area (Å²) in [6.07, 6.45) is 0. The van der Waals surface area contributed by atoms with Crippen LogP contribution in [-0.2, 0) is 16.5 Å². The summed E-state index contributed by atoms with van der Waals surface area (Å²) in [5.74, 6) is 0. The van der Waals surface area contributed by atoms with E-state index in [-0.39, 0.29) is 66.1 Å². The first-order valence-corrected chi connectivity index (χ1v) is 0. The van der Waals surface area contributed by atoms with Crippen molar-refractivity contribution in [1.29, 1.82) is 0 Å². The average molecular weight is 205 g/mol. The minimum Gasteiger partial charge on any atom is -0.147 e. The van der Waals surface area contributed by atoms with Crippen LogP contribution in [0.5, 0.6) is 0 Å². The van der Waals surface area contributed by atoms with Crippen molar-refractivity contribution in [3.63, 3.8) is 0 Å². The Balaban J connectivity index is 0. The summed E-state index contributed by atoms with van der Waals surface area (Å²) in [4.78, 5) is 0. The van der Waals surface area contributed by atoms with Crippen molar-refractivity contribution < 1.29 is 16.5 Å². The first-order chi connectivity index (χ1) is 0. The van der Waals surface area contributed by atoms with Crippen LogP contribution < -0.4 is 0 Å². The van der Waals surface area contributed by atoms with Crippen LogP contribution in [0.4, 0.5) is 0 Å². The Morgan fingerprint density at radius 1 is 0.400 bits per heavy atom. The third kappa shape index (κ3) is 27.6. The predicted octanol–water partition coefficient (Wildman–Crippen LogP) is 1.68. The van der Waals surface area contributed by atoms with Crippen molar-refractivity contribution in [1.82, 2.24) is 0 Å². The minimum absolute atomic E-state index is 0. The third-order valence-electron chi connectivity index (χ3n) is 0. The molecule has 0 spiro atoms. The zero-order valence-electron chi connectivity index (χ0n) is 1.95. The van der Waals surface area contributed by atoms with Crippen LogP contribution >= 0.6 is 49.6 Å². The summed E-state index contributed by atoms with van der Waals surface area (Å²) in [6, 6.07) is 0. The van der Waals surface area contributed by atoms with Gasteiger partial charge in [-0.2, -0.15) is 0 Å². The van der Waals surface area contributed by atoms with Gasteiger partial charge in [0.1, 0.15) is 0 Å². The second-order valence-corrected chi connectivity index (χ2v) is 0. The van der Waals surface area contributed by atoms with Crippen LogP contribution in [0.15, 0.2) is 0 Å². The maximum absolute atomic E-state index is 0. The summed E-state index contributed by atoms with van der Waals surface area (Å²) in [7, 11) is 0. The molecule has 0 radical (unpaired) electrons. The van der Waals surface area contributed by atoms with Gasteiger partial charge in [0, 0.05) is 16.5 Å². The molecule has 0 aliphatic carbocycles. The summed E-state index contributed by atoms with van der Waals surface area (Å²) in [5, 5.41) is 0. The molecule has 0 unspecified atom stereocenters. The van der Waals surface area contributed by atoms with Gasteiger partial charge in [-0.3, -0.25) is 0 Å². The Morgan fingerprint density at radius 3 is 0.400 bits per heavy atom. The molecule has 0 atom stereocenters. The van der Waals surface area contributed by atoms with Gasteiger partial charge in [0.15, 0.2) is 0 Å². The summed E-state index contributed by atoms with van der Waals surface area (Å²) in [5.41, 5.74) is 0. The minimum atomic E-state index is 0. The Hall–Kier alpha value is 1.65. The fourth-order valence-electron chi connectivity index (χ4n) is 0. The molecule has 0 bridgehead atoms. The van der Waals surface area contributed by atoms with Gasteiger partial charge >= 0.3 is 0 Å². The standard InChI is InChI=1S/4ClH.Ni/h4*1H;. The van der Waals surface area contributed by atoms with E-state index in [0.29, 0.717) is 0 Å². The molecule has 0 N–H and O–H groups in total. The molecule has 0 heterocycles.